The smallest absolute Gasteiger partial charge is 0.336 e. The highest BCUT2D eigenvalue weighted by Crippen LogP contribution is 2.22. The summed E-state index contributed by atoms with van der Waals surface area (Å²) in [5.41, 5.74) is -0.153. The minimum absolute atomic E-state index is 0.0259. The molecule has 7 nitrogen and oxygen atoms in total. The van der Waals surface area contributed by atoms with Gasteiger partial charge in [-0.2, -0.15) is 0 Å². The number of carboxylic acid groups (broad SMARTS) is 1. The molecule has 0 aliphatic rings. The van der Waals surface area contributed by atoms with E-state index in [2.05, 4.69) is 46.5 Å². The van der Waals surface area contributed by atoms with Crippen LogP contribution in [-0.4, -0.2) is 29.5 Å². The van der Waals surface area contributed by atoms with Crippen molar-refractivity contribution >= 4 is 53.7 Å². The first-order valence-corrected chi connectivity index (χ1v) is 8.40. The lowest BCUT2D eigenvalue weighted by Crippen LogP contribution is -2.15. The summed E-state index contributed by atoms with van der Waals surface area (Å²) < 4.78 is 27.3. The van der Waals surface area contributed by atoms with Crippen molar-refractivity contribution in [2.24, 2.45) is 0 Å². The molecule has 0 atom stereocenters. The molecule has 0 aliphatic carbocycles. The molecule has 1 aromatic carbocycles. The summed E-state index contributed by atoms with van der Waals surface area (Å²) in [6, 6.07) is 3.69. The molecule has 0 saturated heterocycles. The van der Waals surface area contributed by atoms with E-state index in [4.69, 9.17) is 5.11 Å². The number of anilines is 1. The Hall–Kier alpha value is -1.52. The van der Waals surface area contributed by atoms with Crippen molar-refractivity contribution in [2.75, 3.05) is 4.72 Å². The van der Waals surface area contributed by atoms with Gasteiger partial charge in [-0.15, -0.1) is 0 Å². The maximum absolute atomic E-state index is 12.2. The molecule has 0 unspecified atom stereocenters. The third-order valence-electron chi connectivity index (χ3n) is 2.34. The number of benzene rings is 1. The van der Waals surface area contributed by atoms with E-state index < -0.39 is 16.0 Å². The van der Waals surface area contributed by atoms with Gasteiger partial charge in [0.1, 0.15) is 4.60 Å². The molecule has 0 saturated carbocycles. The normalized spacial score (nSPS) is 11.1. The molecule has 21 heavy (non-hydrogen) atoms. The van der Waals surface area contributed by atoms with Crippen molar-refractivity contribution in [2.45, 2.75) is 4.90 Å². The highest BCUT2D eigenvalue weighted by molar-refractivity contribution is 9.10. The number of halogens is 2. The maximum atomic E-state index is 12.2. The van der Waals surface area contributed by atoms with E-state index >= 15 is 0 Å². The van der Waals surface area contributed by atoms with Crippen molar-refractivity contribution in [3.8, 4) is 0 Å². The molecule has 10 heteroatoms. The molecular formula is C11H7Br2N3O4S. The predicted molar refractivity (Wildman–Crippen MR) is 81.6 cm³/mol. The van der Waals surface area contributed by atoms with Crippen LogP contribution in [0.15, 0.2) is 44.6 Å². The minimum Gasteiger partial charge on any atom is -0.478 e. The lowest BCUT2D eigenvalue weighted by Gasteiger charge is -2.08. The summed E-state index contributed by atoms with van der Waals surface area (Å²) in [5.74, 6) is -1.21. The largest absolute Gasteiger partial charge is 0.478 e. The van der Waals surface area contributed by atoms with Crippen molar-refractivity contribution in [3.05, 3.63) is 45.2 Å². The first kappa shape index (κ1) is 15.9. The van der Waals surface area contributed by atoms with E-state index in [-0.39, 0.29) is 20.7 Å². The van der Waals surface area contributed by atoms with E-state index in [9.17, 15) is 13.2 Å². The van der Waals surface area contributed by atoms with E-state index in [1.165, 1.54) is 24.5 Å². The number of carbonyl (C=O) groups is 1. The number of rotatable bonds is 4. The molecule has 110 valence electrons. The fourth-order valence-electron chi connectivity index (χ4n) is 1.40. The number of aromatic nitrogens is 2. The summed E-state index contributed by atoms with van der Waals surface area (Å²) in [4.78, 5) is 18.5. The van der Waals surface area contributed by atoms with Crippen LogP contribution in [0.4, 0.5) is 5.82 Å². The minimum atomic E-state index is -3.95. The van der Waals surface area contributed by atoms with Crippen LogP contribution in [0, 0.1) is 0 Å². The van der Waals surface area contributed by atoms with Crippen LogP contribution in [0.25, 0.3) is 0 Å². The highest BCUT2D eigenvalue weighted by atomic mass is 79.9. The van der Waals surface area contributed by atoms with Gasteiger partial charge in [0.15, 0.2) is 5.82 Å². The first-order chi connectivity index (χ1) is 9.79. The number of nitrogens with zero attached hydrogens (tertiary/aromatic N) is 2. The second-order valence-corrected chi connectivity index (χ2v) is 7.13. The molecule has 0 bridgehead atoms. The Bertz CT molecular complexity index is 794. The highest BCUT2D eigenvalue weighted by Gasteiger charge is 2.19. The Balaban J connectivity index is 2.38. The quantitative estimate of drug-likeness (QED) is 0.761. The van der Waals surface area contributed by atoms with Gasteiger partial charge in [0, 0.05) is 4.47 Å². The lowest BCUT2D eigenvalue weighted by atomic mass is 10.2. The van der Waals surface area contributed by atoms with Gasteiger partial charge >= 0.3 is 5.97 Å². The number of sulfonamides is 1. The zero-order chi connectivity index (χ0) is 15.6. The molecule has 0 amide bonds. The number of carboxylic acids is 1. The van der Waals surface area contributed by atoms with Gasteiger partial charge in [-0.05, 0) is 50.1 Å². The van der Waals surface area contributed by atoms with Crippen LogP contribution >= 0.6 is 31.9 Å². The van der Waals surface area contributed by atoms with E-state index in [0.717, 1.165) is 6.07 Å². The van der Waals surface area contributed by atoms with Gasteiger partial charge in [-0.3, -0.25) is 4.72 Å². The molecular weight excluding hydrogens is 430 g/mol. The summed E-state index contributed by atoms with van der Waals surface area (Å²) in [6.45, 7) is 0. The molecule has 0 spiro atoms. The fourth-order valence-corrected chi connectivity index (χ4v) is 3.04. The van der Waals surface area contributed by atoms with Crippen molar-refractivity contribution in [1.82, 2.24) is 9.97 Å². The Morgan fingerprint density at radius 2 is 1.90 bits per heavy atom. The predicted octanol–water partition coefficient (Wildman–Crippen LogP) is 2.50. The van der Waals surface area contributed by atoms with Gasteiger partial charge < -0.3 is 5.11 Å². The van der Waals surface area contributed by atoms with Crippen molar-refractivity contribution in [1.29, 1.82) is 0 Å². The van der Waals surface area contributed by atoms with Gasteiger partial charge in [0.2, 0.25) is 0 Å². The van der Waals surface area contributed by atoms with Crippen LogP contribution < -0.4 is 4.72 Å². The van der Waals surface area contributed by atoms with E-state index in [0.29, 0.717) is 4.60 Å². The number of hydrogen-bond donors (Lipinski definition) is 2. The molecule has 2 aromatic rings. The van der Waals surface area contributed by atoms with Crippen LogP contribution in [0.5, 0.6) is 0 Å². The Kier molecular flexibility index (Phi) is 4.59. The molecule has 0 radical (unpaired) electrons. The third-order valence-corrected chi connectivity index (χ3v) is 4.79. The summed E-state index contributed by atoms with van der Waals surface area (Å²) in [6.07, 6.45) is 2.57. The number of hydrogen-bond acceptors (Lipinski definition) is 5. The average molecular weight is 437 g/mol. The maximum Gasteiger partial charge on any atom is 0.336 e. The van der Waals surface area contributed by atoms with E-state index in [1.54, 1.807) is 0 Å². The SMILES string of the molecule is O=C(O)c1cc(S(=O)(=O)Nc2cnc(Br)cn2)ccc1Br. The van der Waals surface area contributed by atoms with Crippen LogP contribution in [0.1, 0.15) is 10.4 Å². The zero-order valence-electron chi connectivity index (χ0n) is 10.1. The number of aromatic carboxylic acids is 1. The summed E-state index contributed by atoms with van der Waals surface area (Å²) in [7, 11) is -3.95. The van der Waals surface area contributed by atoms with Crippen LogP contribution in [0.2, 0.25) is 0 Å². The third kappa shape index (κ3) is 3.77. The zero-order valence-corrected chi connectivity index (χ0v) is 14.1. The molecule has 0 fully saturated rings. The molecule has 2 rings (SSSR count). The lowest BCUT2D eigenvalue weighted by molar-refractivity contribution is 0.0695. The summed E-state index contributed by atoms with van der Waals surface area (Å²) in [5, 5.41) is 9.00. The van der Waals surface area contributed by atoms with Gasteiger partial charge in [0.05, 0.1) is 22.9 Å². The van der Waals surface area contributed by atoms with E-state index in [1.807, 2.05) is 0 Å². The van der Waals surface area contributed by atoms with Gasteiger partial charge in [-0.1, -0.05) is 0 Å². The molecule has 1 aromatic heterocycles. The fraction of sp³-hybridized carbons (Fsp3) is 0. The van der Waals surface area contributed by atoms with Crippen molar-refractivity contribution < 1.29 is 18.3 Å². The first-order valence-electron chi connectivity index (χ1n) is 5.33. The second-order valence-electron chi connectivity index (χ2n) is 3.78. The van der Waals surface area contributed by atoms with Gasteiger partial charge in [0.25, 0.3) is 10.0 Å². The topological polar surface area (TPSA) is 109 Å². The molecule has 2 N–H and O–H groups in total. The average Bonchev–Trinajstić information content (AvgIpc) is 2.41. The number of nitrogens with one attached hydrogen (secondary N) is 1. The molecule has 0 aliphatic heterocycles. The molecule has 1 heterocycles. The Morgan fingerprint density at radius 1 is 1.19 bits per heavy atom. The second kappa shape index (κ2) is 6.08. The van der Waals surface area contributed by atoms with Crippen molar-refractivity contribution in [3.63, 3.8) is 0 Å². The summed E-state index contributed by atoms with van der Waals surface area (Å²) >= 11 is 6.13. The van der Waals surface area contributed by atoms with Crippen LogP contribution in [-0.2, 0) is 10.0 Å². The Labute approximate surface area is 136 Å². The Morgan fingerprint density at radius 3 is 2.48 bits per heavy atom. The van der Waals surface area contributed by atoms with Crippen LogP contribution in [0.3, 0.4) is 0 Å². The van der Waals surface area contributed by atoms with Gasteiger partial charge in [-0.25, -0.2) is 23.2 Å². The standard InChI is InChI=1S/C11H7Br2N3O4S/c12-8-2-1-6(3-7(8)11(17)18)21(19,20)16-10-5-14-9(13)4-15-10/h1-5H,(H,15,16)(H,17,18). The monoisotopic (exact) mass is 435 g/mol.